The van der Waals surface area contributed by atoms with E-state index in [1.54, 1.807) is 29.0 Å². The Morgan fingerprint density at radius 1 is 1.36 bits per heavy atom. The maximum atomic E-state index is 14.7. The van der Waals surface area contributed by atoms with Gasteiger partial charge in [-0.05, 0) is 60.7 Å². The minimum Gasteiger partial charge on any atom is -0.384 e. The number of carbonyl (C=O) groups is 1. The summed E-state index contributed by atoms with van der Waals surface area (Å²) in [5.74, 6) is 0.322. The SMILES string of the molecule is C=CC(=O)N1[C@H](C)CN(C(=N)c2cc(C(F)(F)F)c(-c3nc(N)ccc3I)c3c2N[C@@H](COC)CS3)C[C@@H]1C. The zero-order valence-corrected chi connectivity index (χ0v) is 24.7. The second kappa shape index (κ2) is 11.5. The topological polar surface area (TPSA) is 108 Å². The van der Waals surface area contributed by atoms with Gasteiger partial charge >= 0.3 is 6.18 Å². The van der Waals surface area contributed by atoms with Crippen molar-refractivity contribution in [3.63, 3.8) is 0 Å². The highest BCUT2D eigenvalue weighted by Crippen LogP contribution is 2.50. The number of benzene rings is 1. The number of nitrogens with two attached hydrogens (primary N) is 1. The Morgan fingerprint density at radius 2 is 2.03 bits per heavy atom. The highest BCUT2D eigenvalue weighted by molar-refractivity contribution is 14.1. The Kier molecular flexibility index (Phi) is 8.71. The molecule has 1 fully saturated rings. The molecule has 0 bridgehead atoms. The van der Waals surface area contributed by atoms with Crippen LogP contribution in [-0.4, -0.2) is 77.2 Å². The van der Waals surface area contributed by atoms with Gasteiger partial charge in [-0.25, -0.2) is 4.98 Å². The molecule has 39 heavy (non-hydrogen) atoms. The largest absolute Gasteiger partial charge is 0.417 e. The number of halogens is 4. The van der Waals surface area contributed by atoms with Crippen LogP contribution < -0.4 is 11.1 Å². The Bertz CT molecular complexity index is 1300. The normalized spacial score (nSPS) is 21.3. The Hall–Kier alpha value is -2.52. The van der Waals surface area contributed by atoms with E-state index in [9.17, 15) is 18.0 Å². The van der Waals surface area contributed by atoms with Crippen LogP contribution in [0.15, 0.2) is 35.7 Å². The van der Waals surface area contributed by atoms with Gasteiger partial charge in [-0.15, -0.1) is 11.8 Å². The Balaban J connectivity index is 1.89. The lowest BCUT2D eigenvalue weighted by Gasteiger charge is -2.45. The molecule has 4 rings (SSSR count). The molecular weight excluding hydrogens is 644 g/mol. The number of anilines is 2. The first kappa shape index (κ1) is 29.5. The molecule has 0 spiro atoms. The van der Waals surface area contributed by atoms with Gasteiger partial charge in [-0.1, -0.05) is 6.58 Å². The number of amidine groups is 1. The van der Waals surface area contributed by atoms with Gasteiger partial charge in [0.15, 0.2) is 0 Å². The molecule has 2 aliphatic heterocycles. The second-order valence-corrected chi connectivity index (χ2v) is 11.8. The van der Waals surface area contributed by atoms with Crippen molar-refractivity contribution in [2.75, 3.05) is 43.6 Å². The number of ether oxygens (including phenoxy) is 1. The van der Waals surface area contributed by atoms with Crippen molar-refractivity contribution in [3.05, 3.63) is 45.6 Å². The fourth-order valence-electron chi connectivity index (χ4n) is 5.16. The first-order valence-corrected chi connectivity index (χ1v) is 14.3. The van der Waals surface area contributed by atoms with E-state index >= 15 is 0 Å². The quantitative estimate of drug-likeness (QED) is 0.179. The van der Waals surface area contributed by atoms with E-state index in [2.05, 4.69) is 16.9 Å². The number of aromatic nitrogens is 1. The highest BCUT2D eigenvalue weighted by Gasteiger charge is 2.41. The van der Waals surface area contributed by atoms with Crippen LogP contribution in [0, 0.1) is 8.98 Å². The summed E-state index contributed by atoms with van der Waals surface area (Å²) in [6.07, 6.45) is -3.46. The van der Waals surface area contributed by atoms with Gasteiger partial charge in [0, 0.05) is 57.6 Å². The van der Waals surface area contributed by atoms with Crippen molar-refractivity contribution in [2.24, 2.45) is 0 Å². The van der Waals surface area contributed by atoms with E-state index in [1.165, 1.54) is 17.8 Å². The third-order valence-electron chi connectivity index (χ3n) is 6.76. The molecular formula is C26H30F3IN6O2S. The number of fused-ring (bicyclic) bond motifs is 1. The van der Waals surface area contributed by atoms with E-state index < -0.39 is 11.7 Å². The Labute approximate surface area is 243 Å². The molecule has 0 saturated carbocycles. The van der Waals surface area contributed by atoms with Crippen LogP contribution >= 0.6 is 34.4 Å². The molecule has 0 radical (unpaired) electrons. The number of nitrogens with one attached hydrogen (secondary N) is 2. The average Bonchev–Trinajstić information content (AvgIpc) is 2.87. The lowest BCUT2D eigenvalue weighted by molar-refractivity contribution is -0.137. The minimum atomic E-state index is -4.71. The molecule has 1 amide bonds. The summed E-state index contributed by atoms with van der Waals surface area (Å²) in [6.45, 7) is 8.21. The van der Waals surface area contributed by atoms with E-state index in [4.69, 9.17) is 15.9 Å². The van der Waals surface area contributed by atoms with Gasteiger partial charge in [0.25, 0.3) is 0 Å². The van der Waals surface area contributed by atoms with E-state index in [0.717, 1.165) is 6.07 Å². The molecule has 3 atom stereocenters. The van der Waals surface area contributed by atoms with Gasteiger partial charge < -0.3 is 25.6 Å². The maximum Gasteiger partial charge on any atom is 0.417 e. The molecule has 1 aromatic carbocycles. The number of nitrogen functional groups attached to an aromatic ring is 1. The van der Waals surface area contributed by atoms with Crippen LogP contribution in [0.4, 0.5) is 24.7 Å². The lowest BCUT2D eigenvalue weighted by atomic mass is 9.96. The van der Waals surface area contributed by atoms with Gasteiger partial charge in [-0.2, -0.15) is 13.2 Å². The summed E-state index contributed by atoms with van der Waals surface area (Å²) in [4.78, 5) is 20.5. The summed E-state index contributed by atoms with van der Waals surface area (Å²) in [5.41, 5.74) is 5.69. The molecule has 2 aromatic rings. The number of rotatable bonds is 5. The number of nitrogens with zero attached hydrogens (tertiary/aromatic N) is 3. The third-order valence-corrected chi connectivity index (χ3v) is 8.89. The van der Waals surface area contributed by atoms with E-state index in [-0.39, 0.29) is 52.5 Å². The summed E-state index contributed by atoms with van der Waals surface area (Å²) >= 11 is 3.25. The Morgan fingerprint density at radius 3 is 2.62 bits per heavy atom. The molecule has 1 saturated heterocycles. The number of hydrogen-bond acceptors (Lipinski definition) is 7. The zero-order chi connectivity index (χ0) is 28.6. The van der Waals surface area contributed by atoms with Crippen molar-refractivity contribution < 1.29 is 22.7 Å². The number of methoxy groups -OCH3 is 1. The third kappa shape index (κ3) is 5.85. The number of hydrogen-bond donors (Lipinski definition) is 3. The smallest absolute Gasteiger partial charge is 0.384 e. The van der Waals surface area contributed by atoms with Crippen molar-refractivity contribution in [2.45, 2.75) is 43.0 Å². The van der Waals surface area contributed by atoms with Crippen LogP contribution in [0.2, 0.25) is 0 Å². The first-order valence-electron chi connectivity index (χ1n) is 12.2. The molecule has 8 nitrogen and oxygen atoms in total. The van der Waals surface area contributed by atoms with Crippen LogP contribution in [-0.2, 0) is 15.7 Å². The number of pyridine rings is 1. The van der Waals surface area contributed by atoms with Crippen molar-refractivity contribution in [1.29, 1.82) is 5.41 Å². The predicted octanol–water partition coefficient (Wildman–Crippen LogP) is 4.92. The van der Waals surface area contributed by atoms with Gasteiger partial charge in [0.2, 0.25) is 5.91 Å². The zero-order valence-electron chi connectivity index (χ0n) is 21.7. The molecule has 2 aliphatic rings. The highest BCUT2D eigenvalue weighted by atomic mass is 127. The molecule has 0 unspecified atom stereocenters. The van der Waals surface area contributed by atoms with Crippen molar-refractivity contribution in [1.82, 2.24) is 14.8 Å². The van der Waals surface area contributed by atoms with Crippen LogP contribution in [0.1, 0.15) is 25.0 Å². The number of thioether (sulfide) groups is 1. The molecule has 1 aromatic heterocycles. The summed E-state index contributed by atoms with van der Waals surface area (Å²) in [5, 5.41) is 12.4. The predicted molar refractivity (Wildman–Crippen MR) is 156 cm³/mol. The number of carbonyl (C=O) groups excluding carboxylic acids is 1. The maximum absolute atomic E-state index is 14.7. The van der Waals surface area contributed by atoms with Gasteiger partial charge in [0.1, 0.15) is 11.7 Å². The van der Waals surface area contributed by atoms with E-state index in [1.807, 2.05) is 36.4 Å². The van der Waals surface area contributed by atoms with Crippen LogP contribution in [0.3, 0.4) is 0 Å². The standard InChI is InChI=1S/C26H30F3IN6O2S/c1-5-20(37)36-13(2)9-35(10-14(36)3)25(32)16-8-17(26(27,28)29)21(23-18(30)6-7-19(31)34-23)24-22(16)33-15(11-38-4)12-39-24/h5-8,13-15,32-33H,1,9-12H2,2-4H3,(H2,31,34)/t13-,14+,15-/m0/s1. The van der Waals surface area contributed by atoms with Gasteiger partial charge in [-0.3, -0.25) is 10.2 Å². The number of alkyl halides is 3. The molecule has 210 valence electrons. The summed E-state index contributed by atoms with van der Waals surface area (Å²) in [6, 6.07) is 3.53. The van der Waals surface area contributed by atoms with Gasteiger partial charge in [0.05, 0.1) is 29.6 Å². The fraction of sp³-hybridized carbons (Fsp3) is 0.423. The molecule has 3 heterocycles. The number of amides is 1. The van der Waals surface area contributed by atoms with Crippen LogP contribution in [0.5, 0.6) is 0 Å². The first-order chi connectivity index (χ1) is 18.4. The second-order valence-electron chi connectivity index (χ2n) is 9.62. The van der Waals surface area contributed by atoms with Crippen molar-refractivity contribution in [3.8, 4) is 11.3 Å². The fourth-order valence-corrected chi connectivity index (χ4v) is 6.94. The molecule has 4 N–H and O–H groups in total. The molecule has 0 aliphatic carbocycles. The monoisotopic (exact) mass is 674 g/mol. The average molecular weight is 675 g/mol. The summed E-state index contributed by atoms with van der Waals surface area (Å²) in [7, 11) is 1.56. The lowest BCUT2D eigenvalue weighted by Crippen LogP contribution is -2.59. The summed E-state index contributed by atoms with van der Waals surface area (Å²) < 4.78 is 49.9. The molecule has 13 heteroatoms. The van der Waals surface area contributed by atoms with E-state index in [0.29, 0.717) is 39.6 Å². The van der Waals surface area contributed by atoms with Crippen molar-refractivity contribution >= 4 is 57.6 Å². The van der Waals surface area contributed by atoms with Crippen LogP contribution in [0.25, 0.3) is 11.3 Å². The minimum absolute atomic E-state index is 0.0471. The number of piperazine rings is 1.